The van der Waals surface area contributed by atoms with E-state index in [0.29, 0.717) is 12.9 Å². The van der Waals surface area contributed by atoms with Crippen molar-refractivity contribution in [3.05, 3.63) is 36.2 Å². The summed E-state index contributed by atoms with van der Waals surface area (Å²) >= 11 is 3.31. The van der Waals surface area contributed by atoms with E-state index in [-0.39, 0.29) is 5.69 Å². The van der Waals surface area contributed by atoms with Crippen LogP contribution in [0.15, 0.2) is 30.5 Å². The van der Waals surface area contributed by atoms with Crippen molar-refractivity contribution in [3.8, 4) is 0 Å². The summed E-state index contributed by atoms with van der Waals surface area (Å²) in [4.78, 5) is 27.9. The number of fused-ring (bicyclic) bond motifs is 1. The van der Waals surface area contributed by atoms with E-state index < -0.39 is 5.78 Å². The first-order chi connectivity index (χ1) is 8.77. The molecule has 1 aromatic carbocycles. The highest BCUT2D eigenvalue weighted by molar-refractivity contribution is 9.09. The van der Waals surface area contributed by atoms with Crippen molar-refractivity contribution >= 4 is 38.8 Å². The molecule has 94 valence electrons. The Bertz CT molecular complexity index is 577. The molecule has 2 rings (SSSR count). The number of aromatic nitrogens is 1. The van der Waals surface area contributed by atoms with E-state index in [0.717, 1.165) is 22.5 Å². The van der Waals surface area contributed by atoms with Crippen LogP contribution in [-0.2, 0) is 4.79 Å². The molecule has 5 heteroatoms. The van der Waals surface area contributed by atoms with E-state index in [4.69, 9.17) is 4.84 Å². The Kier molecular flexibility index (Phi) is 4.15. The second-order valence-electron chi connectivity index (χ2n) is 3.75. The number of ketones is 1. The summed E-state index contributed by atoms with van der Waals surface area (Å²) in [5.41, 5.74) is 0.287. The van der Waals surface area contributed by atoms with Crippen LogP contribution in [0.4, 0.5) is 0 Å². The van der Waals surface area contributed by atoms with E-state index in [1.807, 2.05) is 18.2 Å². The number of alkyl halides is 1. The van der Waals surface area contributed by atoms with Gasteiger partial charge in [-0.1, -0.05) is 40.2 Å². The van der Waals surface area contributed by atoms with Crippen LogP contribution in [0.1, 0.15) is 16.9 Å². The van der Waals surface area contributed by atoms with Crippen LogP contribution in [0, 0.1) is 0 Å². The Morgan fingerprint density at radius 3 is 2.89 bits per heavy atom. The predicted octanol–water partition coefficient (Wildman–Crippen LogP) is 2.24. The van der Waals surface area contributed by atoms with Gasteiger partial charge < -0.3 is 4.84 Å². The molecule has 2 aromatic rings. The van der Waals surface area contributed by atoms with Crippen molar-refractivity contribution in [3.63, 3.8) is 0 Å². The van der Waals surface area contributed by atoms with Gasteiger partial charge in [-0.3, -0.25) is 9.59 Å². The van der Waals surface area contributed by atoms with Crippen LogP contribution in [0.3, 0.4) is 0 Å². The number of carbonyl (C=O) groups excluding carboxylic acids is 2. The fourth-order valence-electron chi connectivity index (χ4n) is 1.75. The lowest BCUT2D eigenvalue weighted by atomic mass is 10.1. The van der Waals surface area contributed by atoms with Crippen LogP contribution >= 0.6 is 15.9 Å². The number of Topliss-reactive ketones (excluding diaryl/α,β-unsaturated/α-hetero) is 1. The molecule has 0 saturated heterocycles. The first-order valence-corrected chi connectivity index (χ1v) is 6.69. The highest BCUT2D eigenvalue weighted by Crippen LogP contribution is 2.20. The molecule has 0 saturated carbocycles. The van der Waals surface area contributed by atoms with Gasteiger partial charge in [-0.15, -0.1) is 0 Å². The Morgan fingerprint density at radius 1 is 1.39 bits per heavy atom. The number of rotatable bonds is 6. The Hall–Kier alpha value is -1.62. The molecule has 0 fully saturated rings. The summed E-state index contributed by atoms with van der Waals surface area (Å²) in [6.07, 6.45) is 2.86. The number of benzene rings is 1. The minimum absolute atomic E-state index is 0.287. The number of nitrogens with zero attached hydrogens (tertiary/aromatic N) is 1. The SMILES string of the molecule is O=CC(=O)c1c2ccccc2cn1OCCCBr. The van der Waals surface area contributed by atoms with Crippen LogP contribution in [0.25, 0.3) is 10.8 Å². The largest absolute Gasteiger partial charge is 0.414 e. The monoisotopic (exact) mass is 309 g/mol. The van der Waals surface area contributed by atoms with Gasteiger partial charge in [0.05, 0.1) is 6.20 Å². The van der Waals surface area contributed by atoms with Crippen molar-refractivity contribution in [2.45, 2.75) is 6.42 Å². The molecule has 0 unspecified atom stereocenters. The number of aldehydes is 1. The number of hydrogen-bond donors (Lipinski definition) is 0. The van der Waals surface area contributed by atoms with Gasteiger partial charge in [0.1, 0.15) is 12.3 Å². The summed E-state index contributed by atoms with van der Waals surface area (Å²) in [5, 5.41) is 2.43. The highest BCUT2D eigenvalue weighted by Gasteiger charge is 2.16. The Morgan fingerprint density at radius 2 is 2.17 bits per heavy atom. The number of carbonyl (C=O) groups is 2. The van der Waals surface area contributed by atoms with Gasteiger partial charge in [-0.05, 0) is 6.42 Å². The lowest BCUT2D eigenvalue weighted by Crippen LogP contribution is -2.18. The standard InChI is InChI=1S/C13H12BrNO3/c14-6-3-7-18-15-8-10-4-1-2-5-11(10)13(15)12(17)9-16/h1-2,4-5,8-9H,3,6-7H2. The van der Waals surface area contributed by atoms with Crippen molar-refractivity contribution in [2.24, 2.45) is 0 Å². The summed E-state index contributed by atoms with van der Waals surface area (Å²) in [5.74, 6) is -0.574. The van der Waals surface area contributed by atoms with Crippen LogP contribution < -0.4 is 4.84 Å². The van der Waals surface area contributed by atoms with Gasteiger partial charge in [-0.2, -0.15) is 4.73 Å². The van der Waals surface area contributed by atoms with Gasteiger partial charge >= 0.3 is 0 Å². The maximum atomic E-state index is 11.7. The van der Waals surface area contributed by atoms with Crippen molar-refractivity contribution in [1.29, 1.82) is 0 Å². The lowest BCUT2D eigenvalue weighted by Gasteiger charge is -2.08. The molecular weight excluding hydrogens is 298 g/mol. The average molecular weight is 310 g/mol. The van der Waals surface area contributed by atoms with E-state index in [2.05, 4.69) is 15.9 Å². The third-order valence-corrected chi connectivity index (χ3v) is 3.10. The molecule has 0 N–H and O–H groups in total. The fourth-order valence-corrected chi connectivity index (χ4v) is 1.98. The van der Waals surface area contributed by atoms with E-state index in [9.17, 15) is 9.59 Å². The summed E-state index contributed by atoms with van der Waals surface area (Å²) < 4.78 is 1.39. The van der Waals surface area contributed by atoms with E-state index in [1.54, 1.807) is 12.3 Å². The molecule has 0 aliphatic rings. The third kappa shape index (κ3) is 2.46. The van der Waals surface area contributed by atoms with Crippen molar-refractivity contribution in [2.75, 3.05) is 11.9 Å². The second-order valence-corrected chi connectivity index (χ2v) is 4.54. The normalized spacial score (nSPS) is 10.5. The first kappa shape index (κ1) is 12.8. The number of halogens is 1. The second kappa shape index (κ2) is 5.82. The molecule has 0 radical (unpaired) electrons. The fraction of sp³-hybridized carbons (Fsp3) is 0.231. The molecule has 4 nitrogen and oxygen atoms in total. The maximum absolute atomic E-state index is 11.7. The van der Waals surface area contributed by atoms with Gasteiger partial charge in [0, 0.05) is 16.1 Å². The molecule has 0 atom stereocenters. The molecule has 1 heterocycles. The highest BCUT2D eigenvalue weighted by atomic mass is 79.9. The minimum Gasteiger partial charge on any atom is -0.414 e. The minimum atomic E-state index is -0.574. The van der Waals surface area contributed by atoms with Crippen LogP contribution in [0.5, 0.6) is 0 Å². The third-order valence-electron chi connectivity index (χ3n) is 2.54. The van der Waals surface area contributed by atoms with Crippen LogP contribution in [0.2, 0.25) is 0 Å². The zero-order valence-electron chi connectivity index (χ0n) is 9.64. The molecule has 18 heavy (non-hydrogen) atoms. The average Bonchev–Trinajstić information content (AvgIpc) is 2.76. The topological polar surface area (TPSA) is 48.3 Å². The molecule has 0 spiro atoms. The summed E-state index contributed by atoms with van der Waals surface area (Å²) in [7, 11) is 0. The molecule has 0 aliphatic carbocycles. The zero-order chi connectivity index (χ0) is 13.0. The van der Waals surface area contributed by atoms with Crippen LogP contribution in [-0.4, -0.2) is 28.7 Å². The molecule has 0 amide bonds. The quantitative estimate of drug-likeness (QED) is 0.270. The molecule has 0 bridgehead atoms. The predicted molar refractivity (Wildman–Crippen MR) is 72.2 cm³/mol. The van der Waals surface area contributed by atoms with Crippen molar-refractivity contribution < 1.29 is 14.4 Å². The lowest BCUT2D eigenvalue weighted by molar-refractivity contribution is -0.104. The van der Waals surface area contributed by atoms with Gasteiger partial charge in [0.25, 0.3) is 0 Å². The van der Waals surface area contributed by atoms with Crippen molar-refractivity contribution in [1.82, 2.24) is 4.73 Å². The maximum Gasteiger partial charge on any atom is 0.245 e. The first-order valence-electron chi connectivity index (χ1n) is 5.56. The molecule has 1 aromatic heterocycles. The zero-order valence-corrected chi connectivity index (χ0v) is 11.2. The Labute approximate surface area is 113 Å². The van der Waals surface area contributed by atoms with E-state index >= 15 is 0 Å². The molecular formula is C13H12BrNO3. The van der Waals surface area contributed by atoms with Gasteiger partial charge in [0.15, 0.2) is 6.29 Å². The Balaban J connectivity index is 2.43. The van der Waals surface area contributed by atoms with Gasteiger partial charge in [-0.25, -0.2) is 0 Å². The summed E-state index contributed by atoms with van der Waals surface area (Å²) in [6, 6.07) is 7.38. The van der Waals surface area contributed by atoms with E-state index in [1.165, 1.54) is 4.73 Å². The summed E-state index contributed by atoms with van der Waals surface area (Å²) in [6.45, 7) is 0.478. The number of hydrogen-bond acceptors (Lipinski definition) is 3. The molecule has 0 aliphatic heterocycles. The van der Waals surface area contributed by atoms with Gasteiger partial charge in [0.2, 0.25) is 5.78 Å². The smallest absolute Gasteiger partial charge is 0.245 e.